The Bertz CT molecular complexity index is 685. The number of furan rings is 1. The van der Waals surface area contributed by atoms with Crippen molar-refractivity contribution in [1.82, 2.24) is 5.32 Å². The number of hydrogen-bond acceptors (Lipinski definition) is 3. The van der Waals surface area contributed by atoms with Gasteiger partial charge in [-0.25, -0.2) is 4.79 Å². The van der Waals surface area contributed by atoms with Gasteiger partial charge >= 0.3 is 5.97 Å². The van der Waals surface area contributed by atoms with Gasteiger partial charge in [-0.3, -0.25) is 4.79 Å². The Morgan fingerprint density at radius 2 is 1.86 bits per heavy atom. The van der Waals surface area contributed by atoms with Crippen LogP contribution in [-0.2, 0) is 11.3 Å². The Balaban J connectivity index is 1.99. The molecule has 0 radical (unpaired) electrons. The second-order valence-corrected chi connectivity index (χ2v) is 5.34. The van der Waals surface area contributed by atoms with Crippen LogP contribution in [0.25, 0.3) is 0 Å². The van der Waals surface area contributed by atoms with Gasteiger partial charge < -0.3 is 14.8 Å². The molecule has 1 atom stereocenters. The third-order valence-corrected chi connectivity index (χ3v) is 3.61. The molecule has 1 heterocycles. The third kappa shape index (κ3) is 3.55. The maximum atomic E-state index is 12.2. The minimum absolute atomic E-state index is 0.121. The molecule has 0 saturated heterocycles. The van der Waals surface area contributed by atoms with Gasteiger partial charge in [-0.15, -0.1) is 0 Å². The number of carboxylic acids is 1. The van der Waals surface area contributed by atoms with E-state index in [1.165, 1.54) is 6.07 Å². The van der Waals surface area contributed by atoms with Crippen molar-refractivity contribution in [3.8, 4) is 0 Å². The molecule has 2 aromatic rings. The fraction of sp³-hybridized carbons (Fsp3) is 0.294. The highest BCUT2D eigenvalue weighted by Crippen LogP contribution is 2.17. The van der Waals surface area contributed by atoms with Crippen LogP contribution in [0.3, 0.4) is 0 Å². The van der Waals surface area contributed by atoms with Crippen molar-refractivity contribution in [1.29, 1.82) is 0 Å². The number of aryl methyl sites for hydroxylation is 2. The maximum absolute atomic E-state index is 12.2. The van der Waals surface area contributed by atoms with E-state index in [0.29, 0.717) is 11.5 Å². The van der Waals surface area contributed by atoms with Crippen LogP contribution in [0.4, 0.5) is 0 Å². The van der Waals surface area contributed by atoms with Gasteiger partial charge in [0, 0.05) is 0 Å². The number of carbonyl (C=O) groups is 2. The maximum Gasteiger partial charge on any atom is 0.339 e. The lowest BCUT2D eigenvalue weighted by Crippen LogP contribution is -2.27. The summed E-state index contributed by atoms with van der Waals surface area (Å²) >= 11 is 0. The van der Waals surface area contributed by atoms with Crippen LogP contribution < -0.4 is 5.32 Å². The lowest BCUT2D eigenvalue weighted by atomic mass is 9.99. The van der Waals surface area contributed by atoms with Crippen LogP contribution in [0.1, 0.15) is 45.8 Å². The van der Waals surface area contributed by atoms with Crippen LogP contribution in [0, 0.1) is 13.8 Å². The Kier molecular flexibility index (Phi) is 4.65. The molecule has 5 heteroatoms. The van der Waals surface area contributed by atoms with Gasteiger partial charge in [-0.2, -0.15) is 0 Å². The number of benzene rings is 1. The molecule has 1 unspecified atom stereocenters. The smallest absolute Gasteiger partial charge is 0.339 e. The Hall–Kier alpha value is -2.56. The third-order valence-electron chi connectivity index (χ3n) is 3.61. The van der Waals surface area contributed by atoms with E-state index in [1.807, 2.05) is 38.1 Å². The van der Waals surface area contributed by atoms with E-state index in [4.69, 9.17) is 9.52 Å². The summed E-state index contributed by atoms with van der Waals surface area (Å²) in [6.07, 6.45) is 0. The molecule has 1 amide bonds. The van der Waals surface area contributed by atoms with Gasteiger partial charge in [0.2, 0.25) is 5.91 Å². The quantitative estimate of drug-likeness (QED) is 0.889. The molecule has 5 nitrogen and oxygen atoms in total. The fourth-order valence-electron chi connectivity index (χ4n) is 2.18. The first-order chi connectivity index (χ1) is 10.4. The molecule has 2 N–H and O–H groups in total. The van der Waals surface area contributed by atoms with Crippen molar-refractivity contribution in [2.24, 2.45) is 0 Å². The van der Waals surface area contributed by atoms with Crippen LogP contribution in [0.15, 0.2) is 34.7 Å². The molecular formula is C17H19NO4. The predicted octanol–water partition coefficient (Wildman–Crippen LogP) is 3.01. The first kappa shape index (κ1) is 15.8. The lowest BCUT2D eigenvalue weighted by molar-refractivity contribution is -0.122. The van der Waals surface area contributed by atoms with Crippen molar-refractivity contribution in [3.05, 3.63) is 58.5 Å². The van der Waals surface area contributed by atoms with E-state index in [0.717, 1.165) is 11.1 Å². The number of nitrogens with one attached hydrogen (secondary N) is 1. The number of amides is 1. The first-order valence-electron chi connectivity index (χ1n) is 7.05. The molecule has 0 spiro atoms. The van der Waals surface area contributed by atoms with Crippen molar-refractivity contribution in [3.63, 3.8) is 0 Å². The molecule has 0 aliphatic carbocycles. The van der Waals surface area contributed by atoms with Crippen LogP contribution in [0.5, 0.6) is 0 Å². The normalized spacial score (nSPS) is 12.0. The van der Waals surface area contributed by atoms with Gasteiger partial charge in [0.25, 0.3) is 0 Å². The summed E-state index contributed by atoms with van der Waals surface area (Å²) in [5, 5.41) is 11.7. The summed E-state index contributed by atoms with van der Waals surface area (Å²) in [6, 6.07) is 9.23. The summed E-state index contributed by atoms with van der Waals surface area (Å²) in [5.41, 5.74) is 2.20. The van der Waals surface area contributed by atoms with E-state index < -0.39 is 5.97 Å². The molecule has 0 saturated carbocycles. The molecule has 1 aromatic carbocycles. The van der Waals surface area contributed by atoms with Gasteiger partial charge in [0.05, 0.1) is 12.5 Å². The highest BCUT2D eigenvalue weighted by atomic mass is 16.4. The van der Waals surface area contributed by atoms with E-state index >= 15 is 0 Å². The summed E-state index contributed by atoms with van der Waals surface area (Å²) in [7, 11) is 0. The van der Waals surface area contributed by atoms with Gasteiger partial charge in [0.15, 0.2) is 0 Å². The van der Waals surface area contributed by atoms with Gasteiger partial charge in [-0.05, 0) is 32.4 Å². The summed E-state index contributed by atoms with van der Waals surface area (Å²) in [6.45, 7) is 5.58. The minimum Gasteiger partial charge on any atom is -0.478 e. The molecule has 0 aliphatic rings. The van der Waals surface area contributed by atoms with E-state index in [1.54, 1.807) is 6.92 Å². The monoisotopic (exact) mass is 301 g/mol. The average molecular weight is 301 g/mol. The molecule has 1 aromatic heterocycles. The van der Waals surface area contributed by atoms with Crippen molar-refractivity contribution in [2.45, 2.75) is 33.2 Å². The molecule has 116 valence electrons. The number of hydrogen-bond donors (Lipinski definition) is 2. The molecule has 0 bridgehead atoms. The topological polar surface area (TPSA) is 79.5 Å². The number of carboxylic acid groups (broad SMARTS) is 1. The highest BCUT2D eigenvalue weighted by molar-refractivity contribution is 5.89. The van der Waals surface area contributed by atoms with Gasteiger partial charge in [-0.1, -0.05) is 29.8 Å². The predicted molar refractivity (Wildman–Crippen MR) is 81.8 cm³/mol. The van der Waals surface area contributed by atoms with Crippen LogP contribution in [-0.4, -0.2) is 17.0 Å². The second-order valence-electron chi connectivity index (χ2n) is 5.34. The zero-order valence-electron chi connectivity index (χ0n) is 12.8. The van der Waals surface area contributed by atoms with Crippen molar-refractivity contribution >= 4 is 11.9 Å². The van der Waals surface area contributed by atoms with Crippen molar-refractivity contribution < 1.29 is 19.1 Å². The van der Waals surface area contributed by atoms with Crippen LogP contribution >= 0.6 is 0 Å². The Morgan fingerprint density at radius 1 is 1.23 bits per heavy atom. The fourth-order valence-corrected chi connectivity index (χ4v) is 2.18. The number of aromatic carboxylic acids is 1. The van der Waals surface area contributed by atoms with Gasteiger partial charge in [0.1, 0.15) is 17.1 Å². The standard InChI is InChI=1S/C17H19NO4/c1-10-4-6-13(7-5-10)11(2)16(19)18-9-14-8-15(17(20)21)12(3)22-14/h4-8,11H,9H2,1-3H3,(H,18,19)(H,20,21). The van der Waals surface area contributed by atoms with E-state index in [-0.39, 0.29) is 23.9 Å². The highest BCUT2D eigenvalue weighted by Gasteiger charge is 2.17. The van der Waals surface area contributed by atoms with Crippen LogP contribution in [0.2, 0.25) is 0 Å². The summed E-state index contributed by atoms with van der Waals surface area (Å²) in [5.74, 6) is -0.681. The Labute approximate surface area is 129 Å². The first-order valence-corrected chi connectivity index (χ1v) is 7.05. The van der Waals surface area contributed by atoms with E-state index in [9.17, 15) is 9.59 Å². The minimum atomic E-state index is -1.04. The summed E-state index contributed by atoms with van der Waals surface area (Å²) in [4.78, 5) is 23.1. The lowest BCUT2D eigenvalue weighted by Gasteiger charge is -2.12. The number of rotatable bonds is 5. The summed E-state index contributed by atoms with van der Waals surface area (Å²) < 4.78 is 5.33. The van der Waals surface area contributed by atoms with Crippen molar-refractivity contribution in [2.75, 3.05) is 0 Å². The zero-order valence-corrected chi connectivity index (χ0v) is 12.8. The van der Waals surface area contributed by atoms with E-state index in [2.05, 4.69) is 5.32 Å². The Morgan fingerprint density at radius 3 is 2.41 bits per heavy atom. The average Bonchev–Trinajstić information content (AvgIpc) is 2.86. The molecule has 0 fully saturated rings. The second kappa shape index (κ2) is 6.47. The zero-order chi connectivity index (χ0) is 16.3. The molecule has 2 rings (SSSR count). The molecule has 0 aliphatic heterocycles. The molecular weight excluding hydrogens is 282 g/mol. The number of carbonyl (C=O) groups excluding carboxylic acids is 1. The largest absolute Gasteiger partial charge is 0.478 e. The SMILES string of the molecule is Cc1ccc(C(C)C(=O)NCc2cc(C(=O)O)c(C)o2)cc1. The molecule has 22 heavy (non-hydrogen) atoms.